The molecule has 1 aromatic heterocycles. The highest BCUT2D eigenvalue weighted by Crippen LogP contribution is 2.20. The maximum atomic E-state index is 6.09. The fourth-order valence-corrected chi connectivity index (χ4v) is 2.33. The number of piperidine rings is 1. The Balaban J connectivity index is 1.91. The largest absolute Gasteiger partial charge is 0.474 e. The van der Waals surface area contributed by atoms with E-state index in [0.717, 1.165) is 56.9 Å². The summed E-state index contributed by atoms with van der Waals surface area (Å²) >= 11 is 0. The lowest BCUT2D eigenvalue weighted by atomic mass is 10.1. The molecule has 4 heteroatoms. The van der Waals surface area contributed by atoms with Gasteiger partial charge in [-0.1, -0.05) is 13.0 Å². The summed E-state index contributed by atoms with van der Waals surface area (Å²) in [6.45, 7) is 6.26. The topological polar surface area (TPSA) is 37.4 Å². The van der Waals surface area contributed by atoms with Crippen molar-refractivity contribution < 1.29 is 4.74 Å². The van der Waals surface area contributed by atoms with Crippen LogP contribution in [-0.2, 0) is 6.54 Å². The highest BCUT2D eigenvalue weighted by molar-refractivity contribution is 5.25. The minimum absolute atomic E-state index is 0.316. The van der Waals surface area contributed by atoms with Gasteiger partial charge in [0, 0.05) is 31.4 Å². The van der Waals surface area contributed by atoms with E-state index in [1.807, 2.05) is 12.3 Å². The molecule has 19 heavy (non-hydrogen) atoms. The lowest BCUT2D eigenvalue weighted by Gasteiger charge is -2.29. The van der Waals surface area contributed by atoms with Crippen LogP contribution in [0.4, 0.5) is 0 Å². The van der Waals surface area contributed by atoms with Gasteiger partial charge in [-0.3, -0.25) is 0 Å². The molecule has 4 nitrogen and oxygen atoms in total. The van der Waals surface area contributed by atoms with E-state index in [2.05, 4.69) is 35.2 Å². The molecular weight excluding hydrogens is 238 g/mol. The Bertz CT molecular complexity index is 375. The predicted octanol–water partition coefficient (Wildman–Crippen LogP) is 2.05. The molecule has 2 heterocycles. The molecule has 1 aliphatic rings. The number of aromatic nitrogens is 1. The number of nitrogens with zero attached hydrogens (tertiary/aromatic N) is 2. The number of pyridine rings is 1. The highest BCUT2D eigenvalue weighted by atomic mass is 16.5. The van der Waals surface area contributed by atoms with Crippen LogP contribution in [0, 0.1) is 0 Å². The van der Waals surface area contributed by atoms with Crippen LogP contribution in [0.15, 0.2) is 18.3 Å². The number of hydrogen-bond donors (Lipinski definition) is 1. The van der Waals surface area contributed by atoms with Gasteiger partial charge in [-0.05, 0) is 38.9 Å². The Morgan fingerprint density at radius 3 is 2.95 bits per heavy atom. The van der Waals surface area contributed by atoms with Crippen molar-refractivity contribution in [3.8, 4) is 5.88 Å². The van der Waals surface area contributed by atoms with Gasteiger partial charge < -0.3 is 15.0 Å². The Labute approximate surface area is 116 Å². The normalized spacial score (nSPS) is 17.6. The molecule has 1 N–H and O–H groups in total. The standard InChI is InChI=1S/C15H25N3O/c1-3-8-16-12-13-5-4-9-17-15(13)19-14-6-10-18(2)11-7-14/h4-5,9,14,16H,3,6-8,10-12H2,1-2H3. The zero-order valence-corrected chi connectivity index (χ0v) is 12.1. The second kappa shape index (κ2) is 7.46. The van der Waals surface area contributed by atoms with E-state index in [0.29, 0.717) is 6.10 Å². The Hall–Kier alpha value is -1.13. The van der Waals surface area contributed by atoms with Gasteiger partial charge in [0.2, 0.25) is 5.88 Å². The molecule has 1 saturated heterocycles. The molecular formula is C15H25N3O. The SMILES string of the molecule is CCCNCc1cccnc1OC1CCN(C)CC1. The summed E-state index contributed by atoms with van der Waals surface area (Å²) in [7, 11) is 2.16. The van der Waals surface area contributed by atoms with Crippen molar-refractivity contribution in [3.63, 3.8) is 0 Å². The number of ether oxygens (including phenoxy) is 1. The summed E-state index contributed by atoms with van der Waals surface area (Å²) in [5.41, 5.74) is 1.16. The summed E-state index contributed by atoms with van der Waals surface area (Å²) in [5.74, 6) is 0.806. The number of likely N-dealkylation sites (tertiary alicyclic amines) is 1. The molecule has 0 radical (unpaired) electrons. The Kier molecular flexibility index (Phi) is 5.61. The third-order valence-electron chi connectivity index (χ3n) is 3.54. The van der Waals surface area contributed by atoms with Gasteiger partial charge in [-0.25, -0.2) is 4.98 Å². The third kappa shape index (κ3) is 4.48. The van der Waals surface area contributed by atoms with Crippen LogP contribution in [0.3, 0.4) is 0 Å². The van der Waals surface area contributed by atoms with Gasteiger partial charge in [0.25, 0.3) is 0 Å². The third-order valence-corrected chi connectivity index (χ3v) is 3.54. The molecule has 1 aliphatic heterocycles. The predicted molar refractivity (Wildman–Crippen MR) is 77.4 cm³/mol. The smallest absolute Gasteiger partial charge is 0.218 e. The van der Waals surface area contributed by atoms with Gasteiger partial charge >= 0.3 is 0 Å². The van der Waals surface area contributed by atoms with Crippen LogP contribution in [0.5, 0.6) is 5.88 Å². The maximum absolute atomic E-state index is 6.09. The summed E-state index contributed by atoms with van der Waals surface area (Å²) in [6, 6.07) is 4.07. The summed E-state index contributed by atoms with van der Waals surface area (Å²) in [6.07, 6.45) is 5.46. The van der Waals surface area contributed by atoms with Crippen molar-refractivity contribution in [2.24, 2.45) is 0 Å². The molecule has 2 rings (SSSR count). The van der Waals surface area contributed by atoms with Crippen molar-refractivity contribution in [1.82, 2.24) is 15.2 Å². The molecule has 1 fully saturated rings. The van der Waals surface area contributed by atoms with Crippen molar-refractivity contribution in [1.29, 1.82) is 0 Å². The zero-order valence-electron chi connectivity index (χ0n) is 12.1. The molecule has 106 valence electrons. The van der Waals surface area contributed by atoms with E-state index in [1.54, 1.807) is 0 Å². The van der Waals surface area contributed by atoms with Crippen LogP contribution >= 0.6 is 0 Å². The molecule has 0 aromatic carbocycles. The fraction of sp³-hybridized carbons (Fsp3) is 0.667. The molecule has 0 unspecified atom stereocenters. The van der Waals surface area contributed by atoms with Crippen molar-refractivity contribution in [2.45, 2.75) is 38.8 Å². The lowest BCUT2D eigenvalue weighted by molar-refractivity contribution is 0.109. The second-order valence-corrected chi connectivity index (χ2v) is 5.26. The first-order chi connectivity index (χ1) is 9.29. The summed E-state index contributed by atoms with van der Waals surface area (Å²) in [5, 5.41) is 3.41. The molecule has 0 atom stereocenters. The Morgan fingerprint density at radius 1 is 1.42 bits per heavy atom. The van der Waals surface area contributed by atoms with E-state index in [9.17, 15) is 0 Å². The summed E-state index contributed by atoms with van der Waals surface area (Å²) in [4.78, 5) is 6.74. The molecule has 0 aliphatic carbocycles. The van der Waals surface area contributed by atoms with E-state index in [1.165, 1.54) is 0 Å². The lowest BCUT2D eigenvalue weighted by Crippen LogP contribution is -2.36. The summed E-state index contributed by atoms with van der Waals surface area (Å²) < 4.78 is 6.09. The van der Waals surface area contributed by atoms with Gasteiger partial charge in [0.15, 0.2) is 0 Å². The number of rotatable bonds is 6. The average molecular weight is 263 g/mol. The van der Waals surface area contributed by atoms with Crippen LogP contribution in [-0.4, -0.2) is 42.7 Å². The zero-order chi connectivity index (χ0) is 13.5. The maximum Gasteiger partial charge on any atom is 0.218 e. The second-order valence-electron chi connectivity index (χ2n) is 5.26. The van der Waals surface area contributed by atoms with Crippen LogP contribution < -0.4 is 10.1 Å². The highest BCUT2D eigenvalue weighted by Gasteiger charge is 2.19. The van der Waals surface area contributed by atoms with E-state index < -0.39 is 0 Å². The fourth-order valence-electron chi connectivity index (χ4n) is 2.33. The molecule has 0 bridgehead atoms. The minimum Gasteiger partial charge on any atom is -0.474 e. The van der Waals surface area contributed by atoms with Crippen molar-refractivity contribution in [3.05, 3.63) is 23.9 Å². The minimum atomic E-state index is 0.316. The van der Waals surface area contributed by atoms with E-state index in [-0.39, 0.29) is 0 Å². The quantitative estimate of drug-likeness (QED) is 0.797. The number of nitrogens with one attached hydrogen (secondary N) is 1. The van der Waals surface area contributed by atoms with Crippen molar-refractivity contribution >= 4 is 0 Å². The molecule has 1 aromatic rings. The molecule has 0 saturated carbocycles. The first-order valence-electron chi connectivity index (χ1n) is 7.29. The average Bonchev–Trinajstić information content (AvgIpc) is 2.43. The first kappa shape index (κ1) is 14.3. The van der Waals surface area contributed by atoms with Gasteiger partial charge in [-0.15, -0.1) is 0 Å². The Morgan fingerprint density at radius 2 is 2.21 bits per heavy atom. The molecule has 0 spiro atoms. The van der Waals surface area contributed by atoms with Gasteiger partial charge in [0.1, 0.15) is 6.10 Å². The van der Waals surface area contributed by atoms with Gasteiger partial charge in [0.05, 0.1) is 0 Å². The van der Waals surface area contributed by atoms with Crippen molar-refractivity contribution in [2.75, 3.05) is 26.7 Å². The van der Waals surface area contributed by atoms with Crippen LogP contribution in [0.25, 0.3) is 0 Å². The van der Waals surface area contributed by atoms with Gasteiger partial charge in [-0.2, -0.15) is 0 Å². The van der Waals surface area contributed by atoms with Crippen LogP contribution in [0.1, 0.15) is 31.7 Å². The van der Waals surface area contributed by atoms with E-state index in [4.69, 9.17) is 4.74 Å². The van der Waals surface area contributed by atoms with E-state index >= 15 is 0 Å². The molecule has 0 amide bonds. The number of hydrogen-bond acceptors (Lipinski definition) is 4. The first-order valence-corrected chi connectivity index (χ1v) is 7.29. The van der Waals surface area contributed by atoms with Crippen LogP contribution in [0.2, 0.25) is 0 Å². The monoisotopic (exact) mass is 263 g/mol.